The Balaban J connectivity index is 1.29. The predicted molar refractivity (Wildman–Crippen MR) is 196 cm³/mol. The maximum absolute atomic E-state index is 13.5. The summed E-state index contributed by atoms with van der Waals surface area (Å²) in [6.45, 7) is 11.3. The van der Waals surface area contributed by atoms with Gasteiger partial charge in [-0.1, -0.05) is 73.1 Å². The molecule has 252 valence electrons. The molecule has 0 aliphatic heterocycles. The molecule has 1 aromatic heterocycles. The van der Waals surface area contributed by atoms with Crippen molar-refractivity contribution in [1.29, 1.82) is 0 Å². The van der Waals surface area contributed by atoms with Crippen LogP contribution in [-0.2, 0) is 16.0 Å². The van der Waals surface area contributed by atoms with Gasteiger partial charge in [-0.2, -0.15) is 0 Å². The van der Waals surface area contributed by atoms with Crippen molar-refractivity contribution in [3.63, 3.8) is 0 Å². The molecule has 1 aliphatic carbocycles. The summed E-state index contributed by atoms with van der Waals surface area (Å²) in [5.41, 5.74) is 6.82. The number of carbonyl (C=O) groups excluding carboxylic acids is 3. The first kappa shape index (κ1) is 36.2. The molecule has 8 heteroatoms. The van der Waals surface area contributed by atoms with E-state index in [4.69, 9.17) is 16.3 Å². The molecule has 2 amide bonds. The zero-order chi connectivity index (χ0) is 34.8. The minimum absolute atomic E-state index is 0.0616. The number of hydrogen-bond acceptors (Lipinski definition) is 4. The Bertz CT molecular complexity index is 1820. The number of carbonyl (C=O) groups is 3. The van der Waals surface area contributed by atoms with Gasteiger partial charge in [0.25, 0.3) is 5.91 Å². The number of aromatic nitrogens is 1. The Kier molecular flexibility index (Phi) is 12.4. The van der Waals surface area contributed by atoms with E-state index >= 15 is 0 Å². The molecule has 1 aliphatic rings. The monoisotopic (exact) mass is 667 g/mol. The van der Waals surface area contributed by atoms with Gasteiger partial charge in [-0.25, -0.2) is 0 Å². The van der Waals surface area contributed by atoms with Crippen LogP contribution in [0.25, 0.3) is 10.9 Å². The molecular weight excluding hydrogens is 622 g/mol. The molecule has 7 nitrogen and oxygen atoms in total. The number of ether oxygens (including phenoxy) is 1. The number of nitrogens with one attached hydrogen (secondary N) is 2. The Morgan fingerprint density at radius 2 is 1.71 bits per heavy atom. The summed E-state index contributed by atoms with van der Waals surface area (Å²) in [7, 11) is 1.57. The van der Waals surface area contributed by atoms with Gasteiger partial charge in [0, 0.05) is 40.8 Å². The summed E-state index contributed by atoms with van der Waals surface area (Å²) in [6, 6.07) is 12.2. The van der Waals surface area contributed by atoms with E-state index in [1.807, 2.05) is 37.3 Å². The third-order valence-corrected chi connectivity index (χ3v) is 9.06. The summed E-state index contributed by atoms with van der Waals surface area (Å²) >= 11 is 6.02. The summed E-state index contributed by atoms with van der Waals surface area (Å²) < 4.78 is 7.03. The lowest BCUT2D eigenvalue weighted by molar-refractivity contribution is -0.121. The normalized spacial score (nSPS) is 15.2. The van der Waals surface area contributed by atoms with E-state index in [-0.39, 0.29) is 42.6 Å². The number of fused-ring (bicyclic) bond motifs is 1. The highest BCUT2D eigenvalue weighted by atomic mass is 35.5. The van der Waals surface area contributed by atoms with Crippen molar-refractivity contribution in [2.75, 3.05) is 20.2 Å². The molecule has 0 radical (unpaired) electrons. The van der Waals surface area contributed by atoms with E-state index in [1.54, 1.807) is 48.1 Å². The second kappa shape index (κ2) is 16.5. The van der Waals surface area contributed by atoms with Crippen LogP contribution in [0.2, 0.25) is 5.02 Å². The number of nitrogens with zero attached hydrogens (tertiary/aromatic N) is 1. The molecule has 0 fully saturated rings. The van der Waals surface area contributed by atoms with Crippen LogP contribution in [0.4, 0.5) is 0 Å². The number of amides is 2. The molecule has 0 saturated heterocycles. The molecule has 0 atom stereocenters. The topological polar surface area (TPSA) is 89.4 Å². The average molecular weight is 668 g/mol. The lowest BCUT2D eigenvalue weighted by atomic mass is 9.72. The quantitative estimate of drug-likeness (QED) is 0.116. The number of allylic oxidation sites excluding steroid dienone is 9. The highest BCUT2D eigenvalue weighted by Crippen LogP contribution is 2.40. The maximum atomic E-state index is 13.5. The Hall–Kier alpha value is -4.62. The van der Waals surface area contributed by atoms with Crippen LogP contribution >= 0.6 is 11.6 Å². The smallest absolute Gasteiger partial charge is 0.262 e. The fraction of sp³-hybridized carbons (Fsp3) is 0.325. The minimum atomic E-state index is -0.247. The molecule has 0 bridgehead atoms. The molecule has 48 heavy (non-hydrogen) atoms. The molecular formula is C40H46ClN3O4. The average Bonchev–Trinajstić information content (AvgIpc) is 3.32. The number of benzene rings is 2. The van der Waals surface area contributed by atoms with E-state index in [9.17, 15) is 14.4 Å². The Morgan fingerprint density at radius 1 is 0.979 bits per heavy atom. The first-order valence-corrected chi connectivity index (χ1v) is 16.7. The summed E-state index contributed by atoms with van der Waals surface area (Å²) in [5, 5.41) is 6.96. The van der Waals surface area contributed by atoms with E-state index < -0.39 is 0 Å². The fourth-order valence-corrected chi connectivity index (χ4v) is 6.29. The SMILES string of the molecule is COc1ccc2c(c1)c(CC(=O)NCCNC(=O)/C=C/C=C/C=C(C)/C=C/C1=C(C)CCCC1(C)C)c(C)n2C(=O)c1ccc(Cl)cc1. The molecule has 4 rings (SSSR count). The number of halogens is 1. The number of methoxy groups -OCH3 is 1. The molecule has 0 unspecified atom stereocenters. The highest BCUT2D eigenvalue weighted by Gasteiger charge is 2.26. The molecule has 0 saturated carbocycles. The zero-order valence-corrected chi connectivity index (χ0v) is 29.5. The van der Waals surface area contributed by atoms with Gasteiger partial charge in [-0.3, -0.25) is 19.0 Å². The van der Waals surface area contributed by atoms with Crippen molar-refractivity contribution in [3.8, 4) is 5.75 Å². The van der Waals surface area contributed by atoms with Gasteiger partial charge >= 0.3 is 0 Å². The summed E-state index contributed by atoms with van der Waals surface area (Å²) in [5.74, 6) is -0.0589. The van der Waals surface area contributed by atoms with Crippen LogP contribution < -0.4 is 15.4 Å². The van der Waals surface area contributed by atoms with Crippen LogP contribution in [0.5, 0.6) is 5.75 Å². The van der Waals surface area contributed by atoms with Crippen molar-refractivity contribution in [2.24, 2.45) is 5.41 Å². The summed E-state index contributed by atoms with van der Waals surface area (Å²) in [6.07, 6.45) is 17.0. The maximum Gasteiger partial charge on any atom is 0.262 e. The van der Waals surface area contributed by atoms with Crippen molar-refractivity contribution < 1.29 is 19.1 Å². The largest absolute Gasteiger partial charge is 0.497 e. The second-order valence-corrected chi connectivity index (χ2v) is 13.3. The fourth-order valence-electron chi connectivity index (χ4n) is 6.16. The van der Waals surface area contributed by atoms with Gasteiger partial charge in [-0.15, -0.1) is 0 Å². The predicted octanol–water partition coefficient (Wildman–Crippen LogP) is 8.22. The van der Waals surface area contributed by atoms with Crippen molar-refractivity contribution in [3.05, 3.63) is 124 Å². The van der Waals surface area contributed by atoms with Crippen LogP contribution in [0, 0.1) is 12.3 Å². The second-order valence-electron chi connectivity index (χ2n) is 12.8. The number of hydrogen-bond donors (Lipinski definition) is 2. The van der Waals surface area contributed by atoms with Gasteiger partial charge in [0.1, 0.15) is 5.75 Å². The van der Waals surface area contributed by atoms with Gasteiger partial charge < -0.3 is 15.4 Å². The van der Waals surface area contributed by atoms with E-state index in [0.29, 0.717) is 27.5 Å². The third-order valence-electron chi connectivity index (χ3n) is 8.80. The van der Waals surface area contributed by atoms with Crippen LogP contribution in [0.3, 0.4) is 0 Å². The van der Waals surface area contributed by atoms with Crippen LogP contribution in [-0.4, -0.2) is 42.5 Å². The Labute approximate surface area is 289 Å². The number of rotatable bonds is 12. The summed E-state index contributed by atoms with van der Waals surface area (Å²) in [4.78, 5) is 38.7. The van der Waals surface area contributed by atoms with Crippen LogP contribution in [0.1, 0.15) is 68.6 Å². The van der Waals surface area contributed by atoms with E-state index in [0.717, 1.165) is 16.5 Å². The van der Waals surface area contributed by atoms with Gasteiger partial charge in [-0.05, 0) is 99.0 Å². The molecule has 3 aromatic rings. The van der Waals surface area contributed by atoms with Crippen molar-refractivity contribution in [1.82, 2.24) is 15.2 Å². The highest BCUT2D eigenvalue weighted by molar-refractivity contribution is 6.30. The molecule has 2 aromatic carbocycles. The first-order chi connectivity index (χ1) is 22.9. The molecule has 2 N–H and O–H groups in total. The minimum Gasteiger partial charge on any atom is -0.497 e. The van der Waals surface area contributed by atoms with E-state index in [1.165, 1.54) is 36.5 Å². The van der Waals surface area contributed by atoms with Crippen LogP contribution in [0.15, 0.2) is 102 Å². The lowest BCUT2D eigenvalue weighted by Gasteiger charge is -2.32. The zero-order valence-electron chi connectivity index (χ0n) is 28.8. The van der Waals surface area contributed by atoms with Crippen molar-refractivity contribution in [2.45, 2.75) is 60.3 Å². The van der Waals surface area contributed by atoms with E-state index in [2.05, 4.69) is 50.5 Å². The third kappa shape index (κ3) is 9.26. The van der Waals surface area contributed by atoms with Crippen molar-refractivity contribution >= 4 is 40.2 Å². The molecule has 0 spiro atoms. The standard InChI is InChI=1S/C40H46ClN3O4/c1-27(14-20-35-28(2)12-10-22-40(35,4)5)11-8-7-9-13-37(45)42-23-24-43-38(46)26-33-29(3)44(36-21-19-32(48-6)25-34(33)36)39(47)30-15-17-31(41)18-16-30/h7-9,11,13-21,25H,10,12,22-24,26H2,1-6H3,(H,42,45)(H,43,46)/b8-7+,13-9+,20-14+,27-11+. The van der Waals surface area contributed by atoms with Gasteiger partial charge in [0.15, 0.2) is 0 Å². The lowest BCUT2D eigenvalue weighted by Crippen LogP contribution is -2.34. The molecule has 1 heterocycles. The first-order valence-electron chi connectivity index (χ1n) is 16.3. The Morgan fingerprint density at radius 3 is 2.42 bits per heavy atom. The van der Waals surface area contributed by atoms with Gasteiger partial charge in [0.05, 0.1) is 19.0 Å². The van der Waals surface area contributed by atoms with Gasteiger partial charge in [0.2, 0.25) is 11.8 Å².